The lowest BCUT2D eigenvalue weighted by Gasteiger charge is -2.28. The van der Waals surface area contributed by atoms with E-state index < -0.39 is 18.1 Å². The van der Waals surface area contributed by atoms with Gasteiger partial charge in [0, 0.05) is 12.7 Å². The fourth-order valence-electron chi connectivity index (χ4n) is 2.53. The third-order valence-electron chi connectivity index (χ3n) is 3.45. The Morgan fingerprint density at radius 1 is 1.41 bits per heavy atom. The average Bonchev–Trinajstić information content (AvgIpc) is 2.75. The standard InChI is InChI=1S/C16H21F2NO3/c1-16(2,3)22-15(20)19-8-11-7-10(14(17)18)5-6-12(11)13(19)9-21-4/h5-7,13-14H,8-9H2,1-4H3. The number of ether oxygens (including phenoxy) is 2. The molecular weight excluding hydrogens is 292 g/mol. The highest BCUT2D eigenvalue weighted by Crippen LogP contribution is 2.36. The van der Waals surface area contributed by atoms with Crippen LogP contribution in [-0.4, -0.2) is 30.3 Å². The molecule has 0 saturated carbocycles. The minimum Gasteiger partial charge on any atom is -0.444 e. The van der Waals surface area contributed by atoms with Gasteiger partial charge in [-0.1, -0.05) is 12.1 Å². The van der Waals surface area contributed by atoms with Crippen LogP contribution in [0.1, 0.15) is 49.9 Å². The van der Waals surface area contributed by atoms with E-state index in [1.165, 1.54) is 17.0 Å². The molecule has 122 valence electrons. The van der Waals surface area contributed by atoms with E-state index in [9.17, 15) is 13.6 Å². The summed E-state index contributed by atoms with van der Waals surface area (Å²) in [6.45, 7) is 5.90. The first kappa shape index (κ1) is 16.7. The van der Waals surface area contributed by atoms with Crippen molar-refractivity contribution in [3.05, 3.63) is 34.9 Å². The second-order valence-corrected chi connectivity index (χ2v) is 6.34. The van der Waals surface area contributed by atoms with Gasteiger partial charge >= 0.3 is 6.09 Å². The summed E-state index contributed by atoms with van der Waals surface area (Å²) < 4.78 is 36.2. The maximum Gasteiger partial charge on any atom is 0.411 e. The summed E-state index contributed by atoms with van der Waals surface area (Å²) in [5.74, 6) is 0. The Labute approximate surface area is 129 Å². The molecule has 2 rings (SSSR count). The van der Waals surface area contributed by atoms with Gasteiger partial charge < -0.3 is 9.47 Å². The first-order chi connectivity index (χ1) is 10.2. The zero-order valence-corrected chi connectivity index (χ0v) is 13.2. The fourth-order valence-corrected chi connectivity index (χ4v) is 2.53. The third kappa shape index (κ3) is 3.55. The number of carbonyl (C=O) groups excluding carboxylic acids is 1. The van der Waals surface area contributed by atoms with Gasteiger partial charge in [0.2, 0.25) is 0 Å². The van der Waals surface area contributed by atoms with Crippen molar-refractivity contribution in [1.29, 1.82) is 0 Å². The van der Waals surface area contributed by atoms with Crippen molar-refractivity contribution in [3.63, 3.8) is 0 Å². The third-order valence-corrected chi connectivity index (χ3v) is 3.45. The Hall–Kier alpha value is -1.69. The molecule has 1 amide bonds. The molecule has 0 bridgehead atoms. The second kappa shape index (κ2) is 6.20. The molecule has 0 saturated heterocycles. The van der Waals surface area contributed by atoms with E-state index in [0.717, 1.165) is 5.56 Å². The largest absolute Gasteiger partial charge is 0.444 e. The molecule has 1 atom stereocenters. The van der Waals surface area contributed by atoms with Crippen LogP contribution in [-0.2, 0) is 16.0 Å². The minimum atomic E-state index is -2.53. The number of nitrogens with zero attached hydrogens (tertiary/aromatic N) is 1. The van der Waals surface area contributed by atoms with Gasteiger partial charge in [0.15, 0.2) is 0 Å². The highest BCUT2D eigenvalue weighted by molar-refractivity contribution is 5.70. The van der Waals surface area contributed by atoms with E-state index in [4.69, 9.17) is 9.47 Å². The van der Waals surface area contributed by atoms with Gasteiger partial charge in [-0.05, 0) is 38.0 Å². The van der Waals surface area contributed by atoms with Crippen molar-refractivity contribution in [2.24, 2.45) is 0 Å². The van der Waals surface area contributed by atoms with Crippen molar-refractivity contribution < 1.29 is 23.0 Å². The lowest BCUT2D eigenvalue weighted by atomic mass is 10.0. The number of methoxy groups -OCH3 is 1. The molecule has 0 aromatic heterocycles. The topological polar surface area (TPSA) is 38.8 Å². The molecule has 1 heterocycles. The van der Waals surface area contributed by atoms with Crippen LogP contribution in [0, 0.1) is 0 Å². The number of alkyl halides is 2. The number of fused-ring (bicyclic) bond motifs is 1. The van der Waals surface area contributed by atoms with Crippen LogP contribution in [0.3, 0.4) is 0 Å². The molecule has 6 heteroatoms. The number of benzene rings is 1. The molecule has 1 aliphatic rings. The number of carbonyl (C=O) groups is 1. The second-order valence-electron chi connectivity index (χ2n) is 6.34. The Balaban J connectivity index is 2.28. The Bertz CT molecular complexity index is 555. The minimum absolute atomic E-state index is 0.0408. The molecule has 0 spiro atoms. The molecule has 0 aliphatic carbocycles. The zero-order chi connectivity index (χ0) is 16.5. The van der Waals surface area contributed by atoms with Crippen molar-refractivity contribution in [2.75, 3.05) is 13.7 Å². The molecule has 0 N–H and O–H groups in total. The van der Waals surface area contributed by atoms with Crippen LogP contribution in [0.2, 0.25) is 0 Å². The molecule has 0 radical (unpaired) electrons. The van der Waals surface area contributed by atoms with Gasteiger partial charge in [-0.3, -0.25) is 4.90 Å². The summed E-state index contributed by atoms with van der Waals surface area (Å²) in [6.07, 6.45) is -2.99. The number of amides is 1. The van der Waals surface area contributed by atoms with Gasteiger partial charge in [0.05, 0.1) is 19.2 Å². The van der Waals surface area contributed by atoms with Crippen LogP contribution in [0.4, 0.5) is 13.6 Å². The molecule has 0 fully saturated rings. The summed E-state index contributed by atoms with van der Waals surface area (Å²) in [6, 6.07) is 4.17. The van der Waals surface area contributed by atoms with Crippen LogP contribution in [0.5, 0.6) is 0 Å². The maximum atomic E-state index is 12.8. The van der Waals surface area contributed by atoms with Gasteiger partial charge in [-0.2, -0.15) is 0 Å². The van der Waals surface area contributed by atoms with Gasteiger partial charge in [0.25, 0.3) is 6.43 Å². The molecule has 22 heavy (non-hydrogen) atoms. The zero-order valence-electron chi connectivity index (χ0n) is 13.2. The Morgan fingerprint density at radius 2 is 2.09 bits per heavy atom. The van der Waals surface area contributed by atoms with E-state index >= 15 is 0 Å². The van der Waals surface area contributed by atoms with Crippen molar-refractivity contribution in [1.82, 2.24) is 4.90 Å². The van der Waals surface area contributed by atoms with Gasteiger partial charge in [0.1, 0.15) is 5.60 Å². The molecule has 1 aliphatic heterocycles. The smallest absolute Gasteiger partial charge is 0.411 e. The quantitative estimate of drug-likeness (QED) is 0.844. The predicted molar refractivity (Wildman–Crippen MR) is 77.8 cm³/mol. The molecule has 1 aromatic carbocycles. The predicted octanol–water partition coefficient (Wildman–Crippen LogP) is 4.06. The van der Waals surface area contributed by atoms with E-state index in [-0.39, 0.29) is 18.2 Å². The number of halogens is 2. The SMILES string of the molecule is COCC1c2ccc(C(F)F)cc2CN1C(=O)OC(C)(C)C. The Morgan fingerprint density at radius 3 is 2.64 bits per heavy atom. The highest BCUT2D eigenvalue weighted by Gasteiger charge is 2.36. The summed E-state index contributed by atoms with van der Waals surface area (Å²) in [4.78, 5) is 13.9. The molecule has 1 unspecified atom stereocenters. The van der Waals surface area contributed by atoms with Crippen LogP contribution in [0.25, 0.3) is 0 Å². The van der Waals surface area contributed by atoms with Crippen LogP contribution >= 0.6 is 0 Å². The lowest BCUT2D eigenvalue weighted by molar-refractivity contribution is 0.00782. The fraction of sp³-hybridized carbons (Fsp3) is 0.562. The molecular formula is C16H21F2NO3. The summed E-state index contributed by atoms with van der Waals surface area (Å²) in [5, 5.41) is 0. The lowest BCUT2D eigenvalue weighted by Crippen LogP contribution is -2.37. The molecule has 1 aromatic rings. The van der Waals surface area contributed by atoms with E-state index in [2.05, 4.69) is 0 Å². The Kier molecular flexibility index (Phi) is 4.70. The van der Waals surface area contributed by atoms with Crippen molar-refractivity contribution in [3.8, 4) is 0 Å². The number of rotatable bonds is 3. The maximum absolute atomic E-state index is 12.8. The number of hydrogen-bond donors (Lipinski definition) is 0. The van der Waals surface area contributed by atoms with Gasteiger partial charge in [-0.15, -0.1) is 0 Å². The average molecular weight is 313 g/mol. The first-order valence-electron chi connectivity index (χ1n) is 7.12. The summed E-state index contributed by atoms with van der Waals surface area (Å²) in [7, 11) is 1.54. The summed E-state index contributed by atoms with van der Waals surface area (Å²) in [5.41, 5.74) is 0.890. The van der Waals surface area contributed by atoms with Crippen molar-refractivity contribution in [2.45, 2.75) is 45.4 Å². The van der Waals surface area contributed by atoms with Crippen LogP contribution < -0.4 is 0 Å². The first-order valence-corrected chi connectivity index (χ1v) is 7.12. The molecule has 4 nitrogen and oxygen atoms in total. The number of hydrogen-bond acceptors (Lipinski definition) is 3. The van der Waals surface area contributed by atoms with E-state index in [1.54, 1.807) is 33.9 Å². The monoisotopic (exact) mass is 313 g/mol. The van der Waals surface area contributed by atoms with E-state index in [0.29, 0.717) is 12.2 Å². The summed E-state index contributed by atoms with van der Waals surface area (Å²) >= 11 is 0. The van der Waals surface area contributed by atoms with Gasteiger partial charge in [-0.25, -0.2) is 13.6 Å². The van der Waals surface area contributed by atoms with Crippen molar-refractivity contribution >= 4 is 6.09 Å². The van der Waals surface area contributed by atoms with E-state index in [1.807, 2.05) is 0 Å². The van der Waals surface area contributed by atoms with Crippen LogP contribution in [0.15, 0.2) is 18.2 Å². The highest BCUT2D eigenvalue weighted by atomic mass is 19.3. The normalized spacial score (nSPS) is 17.8.